The number of nitrogens with two attached hydrogens (primary N) is 1. The predicted octanol–water partition coefficient (Wildman–Crippen LogP) is 1.64. The Bertz CT molecular complexity index is 170. The second kappa shape index (κ2) is 7.78. The van der Waals surface area contributed by atoms with E-state index in [-0.39, 0.29) is 5.41 Å². The van der Waals surface area contributed by atoms with Crippen LogP contribution in [0.1, 0.15) is 39.5 Å². The molecule has 0 heterocycles. The predicted molar refractivity (Wildman–Crippen MR) is 59.8 cm³/mol. The molecule has 3 heteroatoms. The molecule has 82 valence electrons. The van der Waals surface area contributed by atoms with Gasteiger partial charge in [-0.25, -0.2) is 0 Å². The van der Waals surface area contributed by atoms with Crippen LogP contribution in [0.4, 0.5) is 0 Å². The van der Waals surface area contributed by atoms with Gasteiger partial charge in [0.15, 0.2) is 0 Å². The minimum Gasteiger partial charge on any atom is -0.330 e. The van der Waals surface area contributed by atoms with Crippen LogP contribution in [0, 0.1) is 16.7 Å². The number of unbranched alkanes of at least 4 members (excludes halogenated alkanes) is 1. The molecular weight excluding hydrogens is 174 g/mol. The highest BCUT2D eigenvalue weighted by atomic mass is 14.8. The summed E-state index contributed by atoms with van der Waals surface area (Å²) in [5.41, 5.74) is 5.21. The third kappa shape index (κ3) is 8.03. The van der Waals surface area contributed by atoms with Crippen LogP contribution in [0.2, 0.25) is 0 Å². The maximum absolute atomic E-state index is 8.79. The van der Waals surface area contributed by atoms with Gasteiger partial charge in [-0.15, -0.1) is 0 Å². The minimum atomic E-state index is -0.155. The van der Waals surface area contributed by atoms with Crippen LogP contribution < -0.4 is 11.1 Å². The lowest BCUT2D eigenvalue weighted by molar-refractivity contribution is 0.422. The second-order valence-corrected chi connectivity index (χ2v) is 4.35. The van der Waals surface area contributed by atoms with Gasteiger partial charge in [-0.1, -0.05) is 6.42 Å². The van der Waals surface area contributed by atoms with Crippen molar-refractivity contribution in [1.82, 2.24) is 5.32 Å². The molecular formula is C11H23N3. The summed E-state index contributed by atoms with van der Waals surface area (Å²) in [5, 5.41) is 12.1. The Morgan fingerprint density at radius 1 is 1.21 bits per heavy atom. The summed E-state index contributed by atoms with van der Waals surface area (Å²) >= 11 is 0. The molecule has 0 aliphatic rings. The fraction of sp³-hybridized carbons (Fsp3) is 0.909. The van der Waals surface area contributed by atoms with E-state index in [1.165, 1.54) is 0 Å². The van der Waals surface area contributed by atoms with Crippen molar-refractivity contribution in [1.29, 1.82) is 5.26 Å². The Morgan fingerprint density at radius 2 is 1.86 bits per heavy atom. The maximum Gasteiger partial charge on any atom is 0.0683 e. The second-order valence-electron chi connectivity index (χ2n) is 4.35. The molecule has 0 fully saturated rings. The zero-order chi connectivity index (χ0) is 10.9. The molecule has 14 heavy (non-hydrogen) atoms. The number of nitriles is 1. The molecule has 0 bridgehead atoms. The lowest BCUT2D eigenvalue weighted by Gasteiger charge is -2.14. The Balaban J connectivity index is 3.18. The van der Waals surface area contributed by atoms with Gasteiger partial charge in [-0.2, -0.15) is 5.26 Å². The first-order valence-corrected chi connectivity index (χ1v) is 5.44. The van der Waals surface area contributed by atoms with Gasteiger partial charge in [-0.3, -0.25) is 0 Å². The molecule has 0 saturated carbocycles. The number of nitrogens with zero attached hydrogens (tertiary/aromatic N) is 1. The lowest BCUT2D eigenvalue weighted by atomic mass is 9.89. The maximum atomic E-state index is 8.79. The van der Waals surface area contributed by atoms with Gasteiger partial charge >= 0.3 is 0 Å². The molecule has 0 aromatic carbocycles. The zero-order valence-electron chi connectivity index (χ0n) is 9.47. The molecule has 0 spiro atoms. The number of rotatable bonds is 8. The summed E-state index contributed by atoms with van der Waals surface area (Å²) in [6.07, 6.45) is 4.30. The van der Waals surface area contributed by atoms with E-state index in [9.17, 15) is 0 Å². The summed E-state index contributed by atoms with van der Waals surface area (Å²) < 4.78 is 0. The molecule has 0 radical (unpaired) electrons. The van der Waals surface area contributed by atoms with Crippen molar-refractivity contribution in [2.24, 2.45) is 11.1 Å². The Kier molecular flexibility index (Phi) is 7.45. The van der Waals surface area contributed by atoms with Crippen molar-refractivity contribution in [3.63, 3.8) is 0 Å². The van der Waals surface area contributed by atoms with Crippen LogP contribution >= 0.6 is 0 Å². The van der Waals surface area contributed by atoms with Gasteiger partial charge in [0, 0.05) is 0 Å². The zero-order valence-corrected chi connectivity index (χ0v) is 9.47. The molecule has 0 rings (SSSR count). The summed E-state index contributed by atoms with van der Waals surface area (Å²) in [6, 6.07) is 2.32. The first-order chi connectivity index (χ1) is 6.62. The molecule has 0 atom stereocenters. The molecule has 0 aliphatic carbocycles. The Hall–Kier alpha value is -0.590. The standard InChI is InChI=1S/C11H23N3/c1-11(2,10-13)6-3-4-8-14-9-5-7-12/h14H,3-9,12H2,1-2H3. The quantitative estimate of drug-likeness (QED) is 0.582. The topological polar surface area (TPSA) is 61.8 Å². The van der Waals surface area contributed by atoms with Crippen molar-refractivity contribution in [3.8, 4) is 6.07 Å². The number of hydrogen-bond acceptors (Lipinski definition) is 3. The summed E-state index contributed by atoms with van der Waals surface area (Å²) in [5.74, 6) is 0. The lowest BCUT2D eigenvalue weighted by Crippen LogP contribution is -2.19. The highest BCUT2D eigenvalue weighted by Gasteiger charge is 2.14. The molecule has 0 saturated heterocycles. The fourth-order valence-corrected chi connectivity index (χ4v) is 1.22. The first kappa shape index (κ1) is 13.4. The third-order valence-electron chi connectivity index (χ3n) is 2.27. The minimum absolute atomic E-state index is 0.155. The van der Waals surface area contributed by atoms with E-state index in [0.717, 1.165) is 45.3 Å². The Morgan fingerprint density at radius 3 is 2.43 bits per heavy atom. The molecule has 0 unspecified atom stereocenters. The monoisotopic (exact) mass is 197 g/mol. The molecule has 0 amide bonds. The van der Waals surface area contributed by atoms with Crippen molar-refractivity contribution in [2.75, 3.05) is 19.6 Å². The van der Waals surface area contributed by atoms with E-state index in [1.807, 2.05) is 13.8 Å². The van der Waals surface area contributed by atoms with Crippen molar-refractivity contribution >= 4 is 0 Å². The van der Waals surface area contributed by atoms with Crippen LogP contribution in [-0.2, 0) is 0 Å². The number of nitrogens with one attached hydrogen (secondary N) is 1. The molecule has 0 aliphatic heterocycles. The molecule has 0 aromatic heterocycles. The molecule has 3 N–H and O–H groups in total. The van der Waals surface area contributed by atoms with Crippen molar-refractivity contribution < 1.29 is 0 Å². The van der Waals surface area contributed by atoms with Gasteiger partial charge in [0.1, 0.15) is 0 Å². The van der Waals surface area contributed by atoms with E-state index in [0.29, 0.717) is 0 Å². The van der Waals surface area contributed by atoms with Gasteiger partial charge in [0.2, 0.25) is 0 Å². The normalized spacial score (nSPS) is 11.3. The smallest absolute Gasteiger partial charge is 0.0683 e. The van der Waals surface area contributed by atoms with Crippen LogP contribution in [0.15, 0.2) is 0 Å². The van der Waals surface area contributed by atoms with Crippen LogP contribution in [0.5, 0.6) is 0 Å². The van der Waals surface area contributed by atoms with Crippen LogP contribution in [0.3, 0.4) is 0 Å². The van der Waals surface area contributed by atoms with Crippen molar-refractivity contribution in [3.05, 3.63) is 0 Å². The summed E-state index contributed by atoms with van der Waals surface area (Å²) in [7, 11) is 0. The average molecular weight is 197 g/mol. The summed E-state index contributed by atoms with van der Waals surface area (Å²) in [4.78, 5) is 0. The first-order valence-electron chi connectivity index (χ1n) is 5.44. The highest BCUT2D eigenvalue weighted by molar-refractivity contribution is 4.91. The third-order valence-corrected chi connectivity index (χ3v) is 2.27. The Labute approximate surface area is 87.7 Å². The SMILES string of the molecule is CC(C)(C#N)CCCCNCCCN. The average Bonchev–Trinajstić information content (AvgIpc) is 2.16. The van der Waals surface area contributed by atoms with E-state index < -0.39 is 0 Å². The van der Waals surface area contributed by atoms with Gasteiger partial charge in [-0.05, 0) is 52.7 Å². The summed E-state index contributed by atoms with van der Waals surface area (Å²) in [6.45, 7) is 6.80. The van der Waals surface area contributed by atoms with E-state index in [4.69, 9.17) is 11.0 Å². The van der Waals surface area contributed by atoms with Gasteiger partial charge in [0.25, 0.3) is 0 Å². The van der Waals surface area contributed by atoms with Crippen LogP contribution in [0.25, 0.3) is 0 Å². The largest absolute Gasteiger partial charge is 0.330 e. The molecule has 0 aromatic rings. The van der Waals surface area contributed by atoms with Crippen molar-refractivity contribution in [2.45, 2.75) is 39.5 Å². The van der Waals surface area contributed by atoms with Gasteiger partial charge < -0.3 is 11.1 Å². The van der Waals surface area contributed by atoms with E-state index in [2.05, 4.69) is 11.4 Å². The van der Waals surface area contributed by atoms with E-state index >= 15 is 0 Å². The molecule has 3 nitrogen and oxygen atoms in total. The number of hydrogen-bond donors (Lipinski definition) is 2. The van der Waals surface area contributed by atoms with Gasteiger partial charge in [0.05, 0.1) is 11.5 Å². The van der Waals surface area contributed by atoms with Crippen LogP contribution in [-0.4, -0.2) is 19.6 Å². The van der Waals surface area contributed by atoms with E-state index in [1.54, 1.807) is 0 Å². The fourth-order valence-electron chi connectivity index (χ4n) is 1.22. The highest BCUT2D eigenvalue weighted by Crippen LogP contribution is 2.21.